The maximum absolute atomic E-state index is 6.30. The fraction of sp³-hybridized carbons (Fsp3) is 0. The van der Waals surface area contributed by atoms with Crippen molar-refractivity contribution in [2.24, 2.45) is 0 Å². The second-order valence-corrected chi connectivity index (χ2v) is 8.43. The molecule has 0 bridgehead atoms. The molecular formula is C18H9BrCl3N3S. The van der Waals surface area contributed by atoms with Gasteiger partial charge in [-0.1, -0.05) is 62.9 Å². The summed E-state index contributed by atoms with van der Waals surface area (Å²) in [6.45, 7) is 0. The van der Waals surface area contributed by atoms with Crippen LogP contribution in [-0.2, 0) is 0 Å². The standard InChI is InChI=1S/C18H9BrCl3N3S/c19-10-3-1-9(2-4-10)11-7-26-18-16(11)17(23-8-24-18)25-15-6-13(21)12(20)5-14(15)22/h1-8H,(H,23,24,25). The van der Waals surface area contributed by atoms with Crippen LogP contribution >= 0.6 is 62.1 Å². The van der Waals surface area contributed by atoms with Crippen LogP contribution < -0.4 is 5.32 Å². The number of nitrogens with one attached hydrogen (secondary N) is 1. The number of thiophene rings is 1. The van der Waals surface area contributed by atoms with Crippen LogP contribution in [0.4, 0.5) is 11.5 Å². The Kier molecular flexibility index (Phi) is 5.08. The van der Waals surface area contributed by atoms with Crippen LogP contribution in [0, 0.1) is 0 Å². The highest BCUT2D eigenvalue weighted by Gasteiger charge is 2.15. The molecule has 0 aliphatic rings. The van der Waals surface area contributed by atoms with Gasteiger partial charge in [-0.3, -0.25) is 0 Å². The van der Waals surface area contributed by atoms with Crippen molar-refractivity contribution >= 4 is 83.8 Å². The molecule has 0 radical (unpaired) electrons. The first-order valence-electron chi connectivity index (χ1n) is 7.42. The second-order valence-electron chi connectivity index (χ2n) is 5.43. The lowest BCUT2D eigenvalue weighted by molar-refractivity contribution is 1.23. The van der Waals surface area contributed by atoms with Gasteiger partial charge in [-0.15, -0.1) is 11.3 Å². The number of anilines is 2. The lowest BCUT2D eigenvalue weighted by Crippen LogP contribution is -1.96. The van der Waals surface area contributed by atoms with Crippen molar-refractivity contribution in [1.29, 1.82) is 0 Å². The van der Waals surface area contributed by atoms with Gasteiger partial charge in [-0.2, -0.15) is 0 Å². The highest BCUT2D eigenvalue weighted by atomic mass is 79.9. The largest absolute Gasteiger partial charge is 0.338 e. The van der Waals surface area contributed by atoms with Crippen LogP contribution in [0.2, 0.25) is 15.1 Å². The first-order valence-corrected chi connectivity index (χ1v) is 10.2. The quantitative estimate of drug-likeness (QED) is 0.301. The van der Waals surface area contributed by atoms with Gasteiger partial charge in [0.05, 0.1) is 26.1 Å². The zero-order valence-electron chi connectivity index (χ0n) is 12.9. The summed E-state index contributed by atoms with van der Waals surface area (Å²) in [4.78, 5) is 9.68. The highest BCUT2D eigenvalue weighted by Crippen LogP contribution is 2.39. The van der Waals surface area contributed by atoms with Crippen LogP contribution in [0.3, 0.4) is 0 Å². The third kappa shape index (κ3) is 3.42. The third-order valence-electron chi connectivity index (χ3n) is 3.79. The SMILES string of the molecule is Clc1cc(Cl)c(Nc2ncnc3scc(-c4ccc(Br)cc4)c23)cc1Cl. The van der Waals surface area contributed by atoms with Gasteiger partial charge in [0.15, 0.2) is 0 Å². The van der Waals surface area contributed by atoms with E-state index >= 15 is 0 Å². The molecule has 2 aromatic heterocycles. The summed E-state index contributed by atoms with van der Waals surface area (Å²) < 4.78 is 1.03. The Morgan fingerprint density at radius 2 is 1.65 bits per heavy atom. The maximum Gasteiger partial charge on any atom is 0.143 e. The molecule has 0 atom stereocenters. The van der Waals surface area contributed by atoms with Gasteiger partial charge in [-0.05, 0) is 29.8 Å². The number of fused-ring (bicyclic) bond motifs is 1. The summed E-state index contributed by atoms with van der Waals surface area (Å²) in [5.41, 5.74) is 2.77. The molecule has 8 heteroatoms. The fourth-order valence-corrected chi connectivity index (χ4v) is 4.33. The van der Waals surface area contributed by atoms with Gasteiger partial charge in [0, 0.05) is 15.4 Å². The van der Waals surface area contributed by atoms with E-state index in [0.717, 1.165) is 25.8 Å². The molecule has 2 heterocycles. The van der Waals surface area contributed by atoms with Crippen molar-refractivity contribution < 1.29 is 0 Å². The lowest BCUT2D eigenvalue weighted by Gasteiger charge is -2.11. The molecule has 2 aromatic carbocycles. The number of rotatable bonds is 3. The van der Waals surface area contributed by atoms with Crippen molar-refractivity contribution in [3.8, 4) is 11.1 Å². The summed E-state index contributed by atoms with van der Waals surface area (Å²) in [7, 11) is 0. The molecule has 0 aliphatic carbocycles. The first-order chi connectivity index (χ1) is 12.5. The van der Waals surface area contributed by atoms with Gasteiger partial charge < -0.3 is 5.32 Å². The summed E-state index contributed by atoms with van der Waals surface area (Å²) in [6, 6.07) is 11.4. The molecule has 0 aliphatic heterocycles. The van der Waals surface area contributed by atoms with Crippen LogP contribution in [-0.4, -0.2) is 9.97 Å². The van der Waals surface area contributed by atoms with Gasteiger partial charge >= 0.3 is 0 Å². The van der Waals surface area contributed by atoms with Crippen LogP contribution in [0.5, 0.6) is 0 Å². The van der Waals surface area contributed by atoms with Crippen molar-refractivity contribution in [1.82, 2.24) is 9.97 Å². The van der Waals surface area contributed by atoms with E-state index in [1.165, 1.54) is 6.33 Å². The van der Waals surface area contributed by atoms with E-state index in [1.54, 1.807) is 23.5 Å². The molecule has 0 saturated heterocycles. The summed E-state index contributed by atoms with van der Waals surface area (Å²) >= 11 is 23.5. The molecule has 3 nitrogen and oxygen atoms in total. The van der Waals surface area contributed by atoms with E-state index in [4.69, 9.17) is 34.8 Å². The molecule has 0 saturated carbocycles. The topological polar surface area (TPSA) is 37.8 Å². The van der Waals surface area contributed by atoms with E-state index in [9.17, 15) is 0 Å². The summed E-state index contributed by atoms with van der Waals surface area (Å²) in [5.74, 6) is 0.662. The minimum absolute atomic E-state index is 0.404. The Morgan fingerprint density at radius 1 is 0.923 bits per heavy atom. The third-order valence-corrected chi connectivity index (χ3v) is 6.24. The molecule has 0 unspecified atom stereocenters. The molecular weight excluding hydrogens is 477 g/mol. The molecule has 0 amide bonds. The summed E-state index contributed by atoms with van der Waals surface area (Å²) in [6.07, 6.45) is 1.53. The summed E-state index contributed by atoms with van der Waals surface area (Å²) in [5, 5.41) is 7.56. The molecule has 0 fully saturated rings. The number of aromatic nitrogens is 2. The van der Waals surface area contributed by atoms with E-state index in [2.05, 4.69) is 48.7 Å². The predicted molar refractivity (Wildman–Crippen MR) is 115 cm³/mol. The van der Waals surface area contributed by atoms with Crippen LogP contribution in [0.25, 0.3) is 21.3 Å². The van der Waals surface area contributed by atoms with Crippen molar-refractivity contribution in [2.75, 3.05) is 5.32 Å². The fourth-order valence-electron chi connectivity index (χ4n) is 2.56. The lowest BCUT2D eigenvalue weighted by atomic mass is 10.1. The number of hydrogen-bond donors (Lipinski definition) is 1. The van der Waals surface area contributed by atoms with Gasteiger partial charge in [0.1, 0.15) is 17.0 Å². The predicted octanol–water partition coefficient (Wildman–Crippen LogP) is 7.82. The van der Waals surface area contributed by atoms with E-state index in [-0.39, 0.29) is 0 Å². The highest BCUT2D eigenvalue weighted by molar-refractivity contribution is 9.10. The Hall–Kier alpha value is -1.37. The molecule has 130 valence electrons. The van der Waals surface area contributed by atoms with Gasteiger partial charge in [0.2, 0.25) is 0 Å². The Balaban J connectivity index is 1.85. The Labute approximate surface area is 177 Å². The van der Waals surface area contributed by atoms with Crippen molar-refractivity contribution in [2.45, 2.75) is 0 Å². The molecule has 4 aromatic rings. The Morgan fingerprint density at radius 3 is 2.42 bits per heavy atom. The van der Waals surface area contributed by atoms with Gasteiger partial charge in [-0.25, -0.2) is 9.97 Å². The van der Waals surface area contributed by atoms with Crippen molar-refractivity contribution in [3.05, 3.63) is 67.6 Å². The normalized spacial score (nSPS) is 11.1. The monoisotopic (exact) mass is 483 g/mol. The second kappa shape index (κ2) is 7.33. The molecule has 0 spiro atoms. The van der Waals surface area contributed by atoms with E-state index in [0.29, 0.717) is 26.6 Å². The number of benzene rings is 2. The van der Waals surface area contributed by atoms with Crippen molar-refractivity contribution in [3.63, 3.8) is 0 Å². The van der Waals surface area contributed by atoms with E-state index < -0.39 is 0 Å². The zero-order valence-corrected chi connectivity index (χ0v) is 17.6. The molecule has 4 rings (SSSR count). The van der Waals surface area contributed by atoms with Crippen LogP contribution in [0.15, 0.2) is 52.6 Å². The van der Waals surface area contributed by atoms with Crippen LogP contribution in [0.1, 0.15) is 0 Å². The van der Waals surface area contributed by atoms with Gasteiger partial charge in [0.25, 0.3) is 0 Å². The molecule has 1 N–H and O–H groups in total. The Bertz CT molecular complexity index is 1110. The average molecular weight is 486 g/mol. The number of nitrogens with zero attached hydrogens (tertiary/aromatic N) is 2. The van der Waals surface area contributed by atoms with E-state index in [1.807, 2.05) is 12.1 Å². The number of hydrogen-bond acceptors (Lipinski definition) is 4. The zero-order chi connectivity index (χ0) is 18.3. The maximum atomic E-state index is 6.30. The minimum Gasteiger partial charge on any atom is -0.338 e. The minimum atomic E-state index is 0.404. The average Bonchev–Trinajstić information content (AvgIpc) is 3.05. The first kappa shape index (κ1) is 18.0. The smallest absolute Gasteiger partial charge is 0.143 e. The molecule has 26 heavy (non-hydrogen) atoms. The number of halogens is 4.